The molecule has 150 valence electrons. The molecule has 1 amide bonds. The summed E-state index contributed by atoms with van der Waals surface area (Å²) in [7, 11) is 0. The first-order valence-corrected chi connectivity index (χ1v) is 10.0. The van der Waals surface area contributed by atoms with Gasteiger partial charge in [-0.25, -0.2) is 9.67 Å². The maximum absolute atomic E-state index is 12.9. The summed E-state index contributed by atoms with van der Waals surface area (Å²) in [4.78, 5) is 17.5. The molecule has 0 bridgehead atoms. The third-order valence-electron chi connectivity index (χ3n) is 4.76. The summed E-state index contributed by atoms with van der Waals surface area (Å²) < 4.78 is 1.65. The number of anilines is 1. The van der Waals surface area contributed by atoms with Crippen molar-refractivity contribution in [3.05, 3.63) is 93.7 Å². The van der Waals surface area contributed by atoms with Crippen molar-refractivity contribution >= 4 is 34.8 Å². The van der Waals surface area contributed by atoms with E-state index in [1.54, 1.807) is 16.8 Å². The normalized spacial score (nSPS) is 10.8. The minimum absolute atomic E-state index is 0.0487. The molecular weight excluding hydrogens is 419 g/mol. The number of halogens is 2. The van der Waals surface area contributed by atoms with E-state index >= 15 is 0 Å². The van der Waals surface area contributed by atoms with Crippen LogP contribution in [-0.2, 0) is 0 Å². The summed E-state index contributed by atoms with van der Waals surface area (Å²) in [5.41, 5.74) is 3.94. The van der Waals surface area contributed by atoms with Crippen LogP contribution in [-0.4, -0.2) is 20.7 Å². The van der Waals surface area contributed by atoms with Gasteiger partial charge in [0.15, 0.2) is 5.82 Å². The Hall–Kier alpha value is -3.15. The van der Waals surface area contributed by atoms with Gasteiger partial charge in [-0.2, -0.15) is 0 Å². The average molecular weight is 437 g/mol. The Labute approximate surface area is 184 Å². The number of amides is 1. The lowest BCUT2D eigenvalue weighted by molar-refractivity contribution is 0.101. The largest absolute Gasteiger partial charge is 0.319 e. The molecule has 0 aliphatic heterocycles. The van der Waals surface area contributed by atoms with Crippen LogP contribution in [0.1, 0.15) is 21.7 Å². The number of rotatable bonds is 4. The molecule has 0 fully saturated rings. The molecule has 1 heterocycles. The first kappa shape index (κ1) is 20.1. The number of carbonyl (C=O) groups excluding carboxylic acids is 1. The first-order chi connectivity index (χ1) is 14.4. The number of benzene rings is 3. The molecule has 5 nitrogen and oxygen atoms in total. The van der Waals surface area contributed by atoms with Crippen molar-refractivity contribution in [2.45, 2.75) is 13.8 Å². The minimum Gasteiger partial charge on any atom is -0.319 e. The molecule has 0 radical (unpaired) electrons. The Kier molecular flexibility index (Phi) is 5.57. The van der Waals surface area contributed by atoms with E-state index in [2.05, 4.69) is 15.4 Å². The highest BCUT2D eigenvalue weighted by Crippen LogP contribution is 2.27. The SMILES string of the molecule is Cc1ccc(Cl)cc1NC(=O)c1nc(-c2ccccc2)n(-c2cccc(Cl)c2C)n1. The molecule has 0 saturated carbocycles. The third-order valence-corrected chi connectivity index (χ3v) is 5.40. The van der Waals surface area contributed by atoms with Crippen LogP contribution >= 0.6 is 23.2 Å². The molecule has 0 spiro atoms. The van der Waals surface area contributed by atoms with E-state index in [1.807, 2.05) is 68.4 Å². The molecule has 0 atom stereocenters. The molecule has 3 aromatic carbocycles. The van der Waals surface area contributed by atoms with Crippen molar-refractivity contribution < 1.29 is 4.79 Å². The van der Waals surface area contributed by atoms with Crippen LogP contribution in [0.4, 0.5) is 5.69 Å². The van der Waals surface area contributed by atoms with Gasteiger partial charge in [0.25, 0.3) is 5.91 Å². The molecule has 4 aromatic rings. The zero-order chi connectivity index (χ0) is 21.3. The van der Waals surface area contributed by atoms with Gasteiger partial charge in [-0.1, -0.05) is 65.7 Å². The van der Waals surface area contributed by atoms with E-state index < -0.39 is 5.91 Å². The molecule has 7 heteroatoms. The van der Waals surface area contributed by atoms with Gasteiger partial charge in [-0.15, -0.1) is 5.10 Å². The summed E-state index contributed by atoms with van der Waals surface area (Å²) in [5.74, 6) is 0.178. The zero-order valence-corrected chi connectivity index (χ0v) is 17.9. The van der Waals surface area contributed by atoms with E-state index in [4.69, 9.17) is 23.2 Å². The summed E-state index contributed by atoms with van der Waals surface area (Å²) in [6.45, 7) is 3.80. The fourth-order valence-corrected chi connectivity index (χ4v) is 3.42. The second-order valence-corrected chi connectivity index (χ2v) is 7.68. The third kappa shape index (κ3) is 3.95. The van der Waals surface area contributed by atoms with Crippen LogP contribution in [0, 0.1) is 13.8 Å². The van der Waals surface area contributed by atoms with Gasteiger partial charge in [0.05, 0.1) is 5.69 Å². The Bertz CT molecular complexity index is 1240. The average Bonchev–Trinajstić information content (AvgIpc) is 3.19. The second kappa shape index (κ2) is 8.30. The Balaban J connectivity index is 1.80. The first-order valence-electron chi connectivity index (χ1n) is 9.29. The summed E-state index contributed by atoms with van der Waals surface area (Å²) in [6, 6.07) is 20.4. The van der Waals surface area contributed by atoms with E-state index in [-0.39, 0.29) is 5.82 Å². The number of nitrogens with zero attached hydrogens (tertiary/aromatic N) is 3. The quantitative estimate of drug-likeness (QED) is 0.419. The van der Waals surface area contributed by atoms with E-state index in [0.29, 0.717) is 21.6 Å². The molecule has 0 aliphatic carbocycles. The summed E-state index contributed by atoms with van der Waals surface area (Å²) in [6.07, 6.45) is 0. The smallest absolute Gasteiger partial charge is 0.295 e. The van der Waals surface area contributed by atoms with E-state index in [1.165, 1.54) is 0 Å². The number of hydrogen-bond acceptors (Lipinski definition) is 3. The van der Waals surface area contributed by atoms with Crippen LogP contribution in [0.2, 0.25) is 10.0 Å². The topological polar surface area (TPSA) is 59.8 Å². The number of aromatic nitrogens is 3. The zero-order valence-electron chi connectivity index (χ0n) is 16.4. The van der Waals surface area contributed by atoms with Gasteiger partial charge >= 0.3 is 0 Å². The lowest BCUT2D eigenvalue weighted by atomic mass is 10.1. The van der Waals surface area contributed by atoms with E-state index in [0.717, 1.165) is 22.4 Å². The van der Waals surface area contributed by atoms with Gasteiger partial charge in [0.1, 0.15) is 0 Å². The van der Waals surface area contributed by atoms with Crippen LogP contribution in [0.15, 0.2) is 66.7 Å². The van der Waals surface area contributed by atoms with Gasteiger partial charge in [-0.3, -0.25) is 4.79 Å². The second-order valence-electron chi connectivity index (χ2n) is 6.83. The van der Waals surface area contributed by atoms with Gasteiger partial charge < -0.3 is 5.32 Å². The lowest BCUT2D eigenvalue weighted by Gasteiger charge is -2.10. The van der Waals surface area contributed by atoms with Crippen molar-refractivity contribution in [3.63, 3.8) is 0 Å². The molecule has 0 saturated heterocycles. The fourth-order valence-electron chi connectivity index (χ4n) is 3.08. The lowest BCUT2D eigenvalue weighted by Crippen LogP contribution is -2.15. The van der Waals surface area contributed by atoms with Crippen molar-refractivity contribution in [3.8, 4) is 17.1 Å². The molecule has 4 rings (SSSR count). The van der Waals surface area contributed by atoms with Crippen molar-refractivity contribution in [2.24, 2.45) is 0 Å². The highest BCUT2D eigenvalue weighted by molar-refractivity contribution is 6.31. The van der Waals surface area contributed by atoms with Crippen LogP contribution in [0.5, 0.6) is 0 Å². The van der Waals surface area contributed by atoms with Crippen molar-refractivity contribution in [2.75, 3.05) is 5.32 Å². The number of carbonyl (C=O) groups is 1. The molecular formula is C23H18Cl2N4O. The van der Waals surface area contributed by atoms with E-state index in [9.17, 15) is 4.79 Å². The number of aryl methyl sites for hydroxylation is 1. The Morgan fingerprint density at radius 1 is 0.967 bits per heavy atom. The van der Waals surface area contributed by atoms with Gasteiger partial charge in [0.2, 0.25) is 5.82 Å². The highest BCUT2D eigenvalue weighted by atomic mass is 35.5. The van der Waals surface area contributed by atoms with Crippen molar-refractivity contribution in [1.82, 2.24) is 14.8 Å². The minimum atomic E-state index is -0.420. The number of hydrogen-bond donors (Lipinski definition) is 1. The molecule has 0 aliphatic rings. The van der Waals surface area contributed by atoms with Gasteiger partial charge in [-0.05, 0) is 49.2 Å². The Morgan fingerprint density at radius 2 is 1.73 bits per heavy atom. The standard InChI is InChI=1S/C23H18Cl2N4O/c1-14-11-12-17(24)13-19(14)26-23(30)21-27-22(16-7-4-3-5-8-16)29(28-21)20-10-6-9-18(25)15(20)2/h3-13H,1-2H3,(H,26,30). The Morgan fingerprint density at radius 3 is 2.50 bits per heavy atom. The van der Waals surface area contributed by atoms with Crippen LogP contribution in [0.3, 0.4) is 0 Å². The fraction of sp³-hybridized carbons (Fsp3) is 0.0870. The maximum atomic E-state index is 12.9. The highest BCUT2D eigenvalue weighted by Gasteiger charge is 2.20. The van der Waals surface area contributed by atoms with Crippen LogP contribution < -0.4 is 5.32 Å². The number of nitrogens with one attached hydrogen (secondary N) is 1. The molecule has 30 heavy (non-hydrogen) atoms. The molecule has 1 aromatic heterocycles. The maximum Gasteiger partial charge on any atom is 0.295 e. The summed E-state index contributed by atoms with van der Waals surface area (Å²) >= 11 is 12.4. The molecule has 1 N–H and O–H groups in total. The predicted molar refractivity (Wildman–Crippen MR) is 121 cm³/mol. The van der Waals surface area contributed by atoms with Gasteiger partial charge in [0, 0.05) is 21.3 Å². The molecule has 0 unspecified atom stereocenters. The summed E-state index contributed by atoms with van der Waals surface area (Å²) in [5, 5.41) is 8.51. The predicted octanol–water partition coefficient (Wildman–Crippen LogP) is 6.11. The monoisotopic (exact) mass is 436 g/mol. The van der Waals surface area contributed by atoms with Crippen LogP contribution in [0.25, 0.3) is 17.1 Å². The van der Waals surface area contributed by atoms with Crippen molar-refractivity contribution in [1.29, 1.82) is 0 Å².